The van der Waals surface area contributed by atoms with Gasteiger partial charge in [0.15, 0.2) is 0 Å². The van der Waals surface area contributed by atoms with Crippen LogP contribution in [0.1, 0.15) is 32.1 Å². The molecular formula is C20H26N2O3S. The van der Waals surface area contributed by atoms with Crippen molar-refractivity contribution in [3.63, 3.8) is 0 Å². The molecule has 0 heterocycles. The standard InChI is InChI=1S/C20H26N2O3S/c1-4-6-7-8-13-20(23)21-18-11-9-10-12-19(18)26(24,25)22-15(3)17-14-16(17)5-2/h4-5,9-12,16-17,22H,1-3,6-8,13-14H2,(H,21,23)/t16?,17-/m1/s1. The van der Waals surface area contributed by atoms with Gasteiger partial charge in [0, 0.05) is 18.0 Å². The highest BCUT2D eigenvalue weighted by molar-refractivity contribution is 7.89. The number of unbranched alkanes of at least 4 members (excludes halogenated alkanes) is 2. The number of carbonyl (C=O) groups excluding carboxylic acids is 1. The SMILES string of the molecule is C=CCCCCC(=O)Nc1ccccc1S(=O)(=O)NC(=C)[C@H]1CC1C=C. The van der Waals surface area contributed by atoms with E-state index in [1.807, 2.05) is 12.2 Å². The zero-order chi connectivity index (χ0) is 19.2. The fraction of sp³-hybridized carbons (Fsp3) is 0.350. The number of para-hydroxylation sites is 1. The lowest BCUT2D eigenvalue weighted by atomic mass is 10.2. The Morgan fingerprint density at radius 2 is 1.96 bits per heavy atom. The highest BCUT2D eigenvalue weighted by Crippen LogP contribution is 2.43. The van der Waals surface area contributed by atoms with E-state index in [4.69, 9.17) is 0 Å². The van der Waals surface area contributed by atoms with Crippen molar-refractivity contribution < 1.29 is 13.2 Å². The summed E-state index contributed by atoms with van der Waals surface area (Å²) in [7, 11) is -3.81. The number of hydrogen-bond acceptors (Lipinski definition) is 3. The molecule has 0 aromatic heterocycles. The summed E-state index contributed by atoms with van der Waals surface area (Å²) in [5.74, 6) is 0.161. The van der Waals surface area contributed by atoms with Crippen molar-refractivity contribution >= 4 is 21.6 Å². The molecule has 1 aliphatic carbocycles. The largest absolute Gasteiger partial charge is 0.325 e. The van der Waals surface area contributed by atoms with Crippen molar-refractivity contribution in [2.45, 2.75) is 37.0 Å². The normalized spacial score (nSPS) is 18.6. The van der Waals surface area contributed by atoms with E-state index in [-0.39, 0.29) is 28.3 Å². The van der Waals surface area contributed by atoms with Gasteiger partial charge >= 0.3 is 0 Å². The van der Waals surface area contributed by atoms with Crippen molar-refractivity contribution in [3.8, 4) is 0 Å². The van der Waals surface area contributed by atoms with Crippen LogP contribution in [0, 0.1) is 11.8 Å². The third kappa shape index (κ3) is 5.33. The minimum Gasteiger partial charge on any atom is -0.325 e. The summed E-state index contributed by atoms with van der Waals surface area (Å²) in [6.07, 6.45) is 7.28. The number of nitrogens with one attached hydrogen (secondary N) is 2. The predicted octanol–water partition coefficient (Wildman–Crippen LogP) is 3.99. The van der Waals surface area contributed by atoms with Crippen LogP contribution in [0.2, 0.25) is 0 Å². The van der Waals surface area contributed by atoms with Crippen LogP contribution < -0.4 is 10.0 Å². The summed E-state index contributed by atoms with van der Waals surface area (Å²) < 4.78 is 28.0. The van der Waals surface area contributed by atoms with Gasteiger partial charge in [0.05, 0.1) is 5.69 Å². The Bertz CT molecular complexity index is 799. The van der Waals surface area contributed by atoms with Crippen molar-refractivity contribution in [2.24, 2.45) is 11.8 Å². The topological polar surface area (TPSA) is 75.3 Å². The van der Waals surface area contributed by atoms with Gasteiger partial charge in [-0.3, -0.25) is 9.52 Å². The number of amides is 1. The number of rotatable bonds is 11. The van der Waals surface area contributed by atoms with Gasteiger partial charge in [0.25, 0.3) is 10.0 Å². The first-order valence-corrected chi connectivity index (χ1v) is 10.2. The Labute approximate surface area is 155 Å². The van der Waals surface area contributed by atoms with E-state index in [2.05, 4.69) is 29.8 Å². The Hall–Kier alpha value is -2.34. The van der Waals surface area contributed by atoms with Crippen LogP contribution in [0.5, 0.6) is 0 Å². The number of hydrogen-bond donors (Lipinski definition) is 2. The molecular weight excluding hydrogens is 348 g/mol. The summed E-state index contributed by atoms with van der Waals surface area (Å²) in [6.45, 7) is 11.2. The smallest absolute Gasteiger partial charge is 0.263 e. The van der Waals surface area contributed by atoms with Crippen molar-refractivity contribution in [1.29, 1.82) is 0 Å². The molecule has 1 amide bonds. The van der Waals surface area contributed by atoms with Crippen molar-refractivity contribution in [2.75, 3.05) is 5.32 Å². The lowest BCUT2D eigenvalue weighted by molar-refractivity contribution is -0.116. The van der Waals surface area contributed by atoms with Gasteiger partial charge < -0.3 is 5.32 Å². The molecule has 0 spiro atoms. The Morgan fingerprint density at radius 1 is 1.23 bits per heavy atom. The summed E-state index contributed by atoms with van der Waals surface area (Å²) >= 11 is 0. The first-order chi connectivity index (χ1) is 12.4. The monoisotopic (exact) mass is 374 g/mol. The van der Waals surface area contributed by atoms with E-state index in [1.165, 1.54) is 6.07 Å². The summed E-state index contributed by atoms with van der Waals surface area (Å²) in [4.78, 5) is 12.1. The molecule has 0 radical (unpaired) electrons. The molecule has 1 fully saturated rings. The highest BCUT2D eigenvalue weighted by atomic mass is 32.2. The number of carbonyl (C=O) groups is 1. The van der Waals surface area contributed by atoms with E-state index in [1.54, 1.807) is 18.2 Å². The highest BCUT2D eigenvalue weighted by Gasteiger charge is 2.38. The maximum atomic E-state index is 12.7. The lowest BCUT2D eigenvalue weighted by Crippen LogP contribution is -2.25. The van der Waals surface area contributed by atoms with Gasteiger partial charge in [-0.05, 0) is 43.7 Å². The van der Waals surface area contributed by atoms with Crippen molar-refractivity contribution in [3.05, 3.63) is 61.9 Å². The first kappa shape index (κ1) is 20.0. The lowest BCUT2D eigenvalue weighted by Gasteiger charge is -2.14. The third-order valence-electron chi connectivity index (χ3n) is 4.37. The molecule has 0 saturated heterocycles. The Balaban J connectivity index is 2.04. The van der Waals surface area contributed by atoms with Crippen LogP contribution >= 0.6 is 0 Å². The molecule has 2 rings (SSSR count). The van der Waals surface area contributed by atoms with Gasteiger partial charge in [-0.25, -0.2) is 8.42 Å². The van der Waals surface area contributed by atoms with Gasteiger partial charge in [0.2, 0.25) is 5.91 Å². The summed E-state index contributed by atoms with van der Waals surface area (Å²) in [5.41, 5.74) is 0.734. The number of anilines is 1. The molecule has 5 nitrogen and oxygen atoms in total. The molecule has 2 atom stereocenters. The average Bonchev–Trinajstić information content (AvgIpc) is 3.39. The average molecular weight is 375 g/mol. The molecule has 1 saturated carbocycles. The fourth-order valence-corrected chi connectivity index (χ4v) is 4.04. The van der Waals surface area contributed by atoms with Gasteiger partial charge in [-0.1, -0.05) is 30.9 Å². The van der Waals surface area contributed by atoms with E-state index < -0.39 is 10.0 Å². The molecule has 1 unspecified atom stereocenters. The molecule has 26 heavy (non-hydrogen) atoms. The molecule has 6 heteroatoms. The molecule has 2 N–H and O–H groups in total. The van der Waals surface area contributed by atoms with Gasteiger partial charge in [0.1, 0.15) is 4.90 Å². The van der Waals surface area contributed by atoms with Crippen LogP contribution in [-0.2, 0) is 14.8 Å². The molecule has 1 aliphatic rings. The summed E-state index contributed by atoms with van der Waals surface area (Å²) in [6, 6.07) is 6.37. The van der Waals surface area contributed by atoms with Crippen molar-refractivity contribution in [1.82, 2.24) is 4.72 Å². The molecule has 0 aliphatic heterocycles. The number of allylic oxidation sites excluding steroid dienone is 3. The number of benzene rings is 1. The van der Waals surface area contributed by atoms with E-state index in [9.17, 15) is 13.2 Å². The second kappa shape index (κ2) is 8.85. The van der Waals surface area contributed by atoms with Gasteiger partial charge in [-0.15, -0.1) is 13.2 Å². The van der Waals surface area contributed by atoms with Crippen LogP contribution in [0.4, 0.5) is 5.69 Å². The minimum atomic E-state index is -3.81. The quantitative estimate of drug-likeness (QED) is 0.454. The zero-order valence-corrected chi connectivity index (χ0v) is 15.7. The van der Waals surface area contributed by atoms with Gasteiger partial charge in [-0.2, -0.15) is 0 Å². The Morgan fingerprint density at radius 3 is 2.62 bits per heavy atom. The van der Waals surface area contributed by atoms with Crippen LogP contribution in [-0.4, -0.2) is 14.3 Å². The predicted molar refractivity (Wildman–Crippen MR) is 105 cm³/mol. The molecule has 1 aromatic carbocycles. The van der Waals surface area contributed by atoms with Crippen LogP contribution in [0.15, 0.2) is 66.7 Å². The number of sulfonamides is 1. The second-order valence-corrected chi connectivity index (χ2v) is 8.10. The fourth-order valence-electron chi connectivity index (χ4n) is 2.77. The Kier molecular flexibility index (Phi) is 6.80. The second-order valence-electron chi connectivity index (χ2n) is 6.45. The van der Waals surface area contributed by atoms with E-state index in [0.29, 0.717) is 12.1 Å². The van der Waals surface area contributed by atoms with Crippen LogP contribution in [0.25, 0.3) is 0 Å². The third-order valence-corrected chi connectivity index (χ3v) is 5.83. The zero-order valence-electron chi connectivity index (χ0n) is 14.9. The first-order valence-electron chi connectivity index (χ1n) is 8.73. The maximum absolute atomic E-state index is 12.7. The van der Waals surface area contributed by atoms with E-state index in [0.717, 1.165) is 25.7 Å². The molecule has 1 aromatic rings. The molecule has 0 bridgehead atoms. The summed E-state index contributed by atoms with van der Waals surface area (Å²) in [5, 5.41) is 2.70. The molecule has 140 valence electrons. The van der Waals surface area contributed by atoms with E-state index >= 15 is 0 Å². The maximum Gasteiger partial charge on any atom is 0.263 e. The van der Waals surface area contributed by atoms with Crippen LogP contribution in [0.3, 0.4) is 0 Å². The minimum absolute atomic E-state index is 0.0383.